The Bertz CT molecular complexity index is 199. The van der Waals surface area contributed by atoms with Gasteiger partial charge >= 0.3 is 0 Å². The average Bonchev–Trinajstić information content (AvgIpc) is 1.98. The van der Waals surface area contributed by atoms with Crippen molar-refractivity contribution in [3.63, 3.8) is 0 Å². The monoisotopic (exact) mass is 152 g/mol. The van der Waals surface area contributed by atoms with E-state index in [2.05, 4.69) is 4.99 Å². The van der Waals surface area contributed by atoms with Crippen molar-refractivity contribution in [2.45, 2.75) is 26.8 Å². The van der Waals surface area contributed by atoms with Crippen LogP contribution in [0.4, 0.5) is 0 Å². The van der Waals surface area contributed by atoms with E-state index in [1.54, 1.807) is 0 Å². The molecule has 0 saturated heterocycles. The maximum Gasteiger partial charge on any atom is 0.236 e. The molecule has 0 aromatic carbocycles. The lowest BCUT2D eigenvalue weighted by Gasteiger charge is -2.15. The van der Waals surface area contributed by atoms with Crippen LogP contribution in [0.1, 0.15) is 20.8 Å². The molecule has 0 aromatic rings. The smallest absolute Gasteiger partial charge is 0.211 e. The topological polar surface area (TPSA) is 53.2 Å². The molecule has 0 heterocycles. The fourth-order valence-corrected chi connectivity index (χ4v) is 0.685. The van der Waals surface area contributed by atoms with Gasteiger partial charge < -0.3 is 0 Å². The average molecular weight is 152 g/mol. The van der Waals surface area contributed by atoms with E-state index in [0.717, 1.165) is 0 Å². The predicted octanol–water partition coefficient (Wildman–Crippen LogP) is 1.51. The van der Waals surface area contributed by atoms with Crippen molar-refractivity contribution in [2.24, 2.45) is 16.8 Å². The van der Waals surface area contributed by atoms with Gasteiger partial charge in [-0.2, -0.15) is 10.3 Å². The Morgan fingerprint density at radius 1 is 1.36 bits per heavy atom. The first-order chi connectivity index (χ1) is 5.13. The van der Waals surface area contributed by atoms with E-state index >= 15 is 0 Å². The Kier molecular flexibility index (Phi) is 4.17. The van der Waals surface area contributed by atoms with Crippen molar-refractivity contribution in [3.8, 4) is 6.07 Å². The summed E-state index contributed by atoms with van der Waals surface area (Å²) in [5.74, 6) is 0.471. The Labute approximate surface area is 66.7 Å². The van der Waals surface area contributed by atoms with Gasteiger partial charge in [-0.1, -0.05) is 20.8 Å². The summed E-state index contributed by atoms with van der Waals surface area (Å²) in [5, 5.41) is 8.55. The van der Waals surface area contributed by atoms with Crippen molar-refractivity contribution in [2.75, 3.05) is 0 Å². The molecular weight excluding hydrogens is 140 g/mol. The SMILES string of the molecule is CC(C)C(C)C(C#N)N=C=O. The number of nitrogens with zero attached hydrogens (tertiary/aromatic N) is 2. The minimum Gasteiger partial charge on any atom is -0.211 e. The number of hydrogen-bond donors (Lipinski definition) is 0. The standard InChI is InChI=1S/C8H12N2O/c1-6(2)7(3)8(4-9)10-5-11/h6-8H,1-3H3. The first-order valence-electron chi connectivity index (χ1n) is 3.60. The summed E-state index contributed by atoms with van der Waals surface area (Å²) in [6.45, 7) is 5.89. The molecule has 2 unspecified atom stereocenters. The number of aliphatic imine (C=N–C) groups is 1. The number of rotatable bonds is 3. The van der Waals surface area contributed by atoms with Crippen LogP contribution in [0.2, 0.25) is 0 Å². The van der Waals surface area contributed by atoms with Crippen LogP contribution in [0, 0.1) is 23.2 Å². The fourth-order valence-electron chi connectivity index (χ4n) is 0.685. The fraction of sp³-hybridized carbons (Fsp3) is 0.750. The van der Waals surface area contributed by atoms with Crippen molar-refractivity contribution >= 4 is 6.08 Å². The van der Waals surface area contributed by atoms with Gasteiger partial charge in [0.15, 0.2) is 6.04 Å². The zero-order valence-electron chi connectivity index (χ0n) is 7.03. The quantitative estimate of drug-likeness (QED) is 0.454. The first-order valence-corrected chi connectivity index (χ1v) is 3.60. The second kappa shape index (κ2) is 4.65. The third kappa shape index (κ3) is 2.97. The number of isocyanates is 1. The van der Waals surface area contributed by atoms with E-state index in [4.69, 9.17) is 5.26 Å². The second-order valence-electron chi connectivity index (χ2n) is 2.90. The molecular formula is C8H12N2O. The van der Waals surface area contributed by atoms with Crippen molar-refractivity contribution < 1.29 is 4.79 Å². The van der Waals surface area contributed by atoms with Crippen LogP contribution in [-0.2, 0) is 4.79 Å². The van der Waals surface area contributed by atoms with Gasteiger partial charge in [-0.05, 0) is 11.8 Å². The largest absolute Gasteiger partial charge is 0.236 e. The Balaban J connectivity index is 4.28. The van der Waals surface area contributed by atoms with Crippen LogP contribution in [-0.4, -0.2) is 12.1 Å². The van der Waals surface area contributed by atoms with Gasteiger partial charge in [-0.15, -0.1) is 0 Å². The summed E-state index contributed by atoms with van der Waals surface area (Å²) < 4.78 is 0. The number of hydrogen-bond acceptors (Lipinski definition) is 3. The van der Waals surface area contributed by atoms with Gasteiger partial charge in [-0.25, -0.2) is 4.79 Å². The summed E-state index contributed by atoms with van der Waals surface area (Å²) in [7, 11) is 0. The highest BCUT2D eigenvalue weighted by Gasteiger charge is 2.18. The first kappa shape index (κ1) is 9.87. The molecule has 11 heavy (non-hydrogen) atoms. The summed E-state index contributed by atoms with van der Waals surface area (Å²) in [4.78, 5) is 13.3. The molecule has 3 heteroatoms. The molecule has 0 spiro atoms. The summed E-state index contributed by atoms with van der Waals surface area (Å²) in [6.07, 6.45) is 1.41. The van der Waals surface area contributed by atoms with Gasteiger partial charge in [0.1, 0.15) is 0 Å². The lowest BCUT2D eigenvalue weighted by molar-refractivity contribution is 0.388. The summed E-state index contributed by atoms with van der Waals surface area (Å²) >= 11 is 0. The van der Waals surface area contributed by atoms with Crippen LogP contribution in [0.25, 0.3) is 0 Å². The van der Waals surface area contributed by atoms with E-state index in [9.17, 15) is 4.79 Å². The van der Waals surface area contributed by atoms with Crippen LogP contribution in [0.5, 0.6) is 0 Å². The molecule has 0 aliphatic carbocycles. The minimum absolute atomic E-state index is 0.112. The third-order valence-electron chi connectivity index (χ3n) is 1.87. The highest BCUT2D eigenvalue weighted by atomic mass is 16.1. The van der Waals surface area contributed by atoms with Crippen molar-refractivity contribution in [1.29, 1.82) is 5.26 Å². The van der Waals surface area contributed by atoms with E-state index in [1.807, 2.05) is 26.8 Å². The van der Waals surface area contributed by atoms with Crippen LogP contribution < -0.4 is 0 Å². The number of nitriles is 1. The van der Waals surface area contributed by atoms with Crippen LogP contribution >= 0.6 is 0 Å². The van der Waals surface area contributed by atoms with Crippen molar-refractivity contribution in [1.82, 2.24) is 0 Å². The normalized spacial score (nSPS) is 14.8. The second-order valence-corrected chi connectivity index (χ2v) is 2.90. The van der Waals surface area contributed by atoms with Crippen LogP contribution in [0.15, 0.2) is 4.99 Å². The molecule has 0 radical (unpaired) electrons. The van der Waals surface area contributed by atoms with Gasteiger partial charge in [0.2, 0.25) is 6.08 Å². The molecule has 3 nitrogen and oxygen atoms in total. The molecule has 0 bridgehead atoms. The predicted molar refractivity (Wildman–Crippen MR) is 41.5 cm³/mol. The molecule has 0 rings (SSSR count). The van der Waals surface area contributed by atoms with Gasteiger partial charge in [0, 0.05) is 0 Å². The summed E-state index contributed by atoms with van der Waals surface area (Å²) in [6, 6.07) is 1.42. The molecule has 60 valence electrons. The molecule has 0 aromatic heterocycles. The molecule has 0 fully saturated rings. The minimum atomic E-state index is -0.535. The van der Waals surface area contributed by atoms with Gasteiger partial charge in [0.05, 0.1) is 6.07 Å². The molecule has 0 aliphatic heterocycles. The Morgan fingerprint density at radius 3 is 2.18 bits per heavy atom. The lowest BCUT2D eigenvalue weighted by Crippen LogP contribution is -2.18. The van der Waals surface area contributed by atoms with Crippen LogP contribution in [0.3, 0.4) is 0 Å². The Morgan fingerprint density at radius 2 is 1.91 bits per heavy atom. The molecule has 0 saturated carbocycles. The van der Waals surface area contributed by atoms with E-state index in [1.165, 1.54) is 6.08 Å². The molecule has 2 atom stereocenters. The third-order valence-corrected chi connectivity index (χ3v) is 1.87. The van der Waals surface area contributed by atoms with E-state index in [0.29, 0.717) is 5.92 Å². The van der Waals surface area contributed by atoms with E-state index < -0.39 is 6.04 Å². The molecule has 0 aliphatic rings. The van der Waals surface area contributed by atoms with Gasteiger partial charge in [-0.3, -0.25) is 0 Å². The lowest BCUT2D eigenvalue weighted by atomic mass is 9.92. The molecule has 0 amide bonds. The molecule has 0 N–H and O–H groups in total. The van der Waals surface area contributed by atoms with Gasteiger partial charge in [0.25, 0.3) is 0 Å². The summed E-state index contributed by atoms with van der Waals surface area (Å²) in [5.41, 5.74) is 0. The zero-order chi connectivity index (χ0) is 8.85. The van der Waals surface area contributed by atoms with Crippen molar-refractivity contribution in [3.05, 3.63) is 0 Å². The maximum absolute atomic E-state index is 9.86. The van der Waals surface area contributed by atoms with E-state index in [-0.39, 0.29) is 5.92 Å². The Hall–Kier alpha value is -1.13. The number of carbonyl (C=O) groups excluding carboxylic acids is 1. The zero-order valence-corrected chi connectivity index (χ0v) is 7.03. The highest BCUT2D eigenvalue weighted by molar-refractivity contribution is 5.34. The highest BCUT2D eigenvalue weighted by Crippen LogP contribution is 2.15. The maximum atomic E-state index is 9.86.